The van der Waals surface area contributed by atoms with Crippen molar-refractivity contribution >= 4 is 29.0 Å². The van der Waals surface area contributed by atoms with Gasteiger partial charge in [0.25, 0.3) is 11.8 Å². The summed E-state index contributed by atoms with van der Waals surface area (Å²) in [5.74, 6) is 0.711. The molecule has 3 rings (SSSR count). The number of nitrogens with zero attached hydrogens (tertiary/aromatic N) is 4. The molecular weight excluding hydrogens is 326 g/mol. The van der Waals surface area contributed by atoms with Gasteiger partial charge in [0.15, 0.2) is 0 Å². The SMILES string of the molecule is Cc1cc(N2CC[C@@H](NC(=O)c3cnc(C(C)C)s3)C2=O)n(C)n1. The summed E-state index contributed by atoms with van der Waals surface area (Å²) < 4.78 is 1.69. The number of anilines is 1. The largest absolute Gasteiger partial charge is 0.339 e. The van der Waals surface area contributed by atoms with Gasteiger partial charge in [-0.1, -0.05) is 13.8 Å². The lowest BCUT2D eigenvalue weighted by Gasteiger charge is -2.16. The highest BCUT2D eigenvalue weighted by Gasteiger charge is 2.35. The van der Waals surface area contributed by atoms with E-state index >= 15 is 0 Å². The van der Waals surface area contributed by atoms with Crippen LogP contribution >= 0.6 is 11.3 Å². The van der Waals surface area contributed by atoms with Crippen LogP contribution in [0.5, 0.6) is 0 Å². The molecule has 1 aliphatic rings. The second-order valence-electron chi connectivity index (χ2n) is 6.29. The molecule has 0 unspecified atom stereocenters. The van der Waals surface area contributed by atoms with E-state index in [2.05, 4.69) is 15.4 Å². The highest BCUT2D eigenvalue weighted by atomic mass is 32.1. The number of aromatic nitrogens is 3. The van der Waals surface area contributed by atoms with Gasteiger partial charge >= 0.3 is 0 Å². The van der Waals surface area contributed by atoms with Crippen molar-refractivity contribution < 1.29 is 9.59 Å². The molecule has 128 valence electrons. The highest BCUT2D eigenvalue weighted by Crippen LogP contribution is 2.24. The molecule has 24 heavy (non-hydrogen) atoms. The van der Waals surface area contributed by atoms with Gasteiger partial charge in [-0.2, -0.15) is 5.10 Å². The quantitative estimate of drug-likeness (QED) is 0.915. The summed E-state index contributed by atoms with van der Waals surface area (Å²) in [4.78, 5) is 31.5. The van der Waals surface area contributed by atoms with Gasteiger partial charge in [0.05, 0.1) is 16.9 Å². The second-order valence-corrected chi connectivity index (χ2v) is 7.35. The fraction of sp³-hybridized carbons (Fsp3) is 0.500. The number of nitrogens with one attached hydrogen (secondary N) is 1. The standard InChI is InChI=1S/C16H21N5O2S/c1-9(2)15-17-8-12(24-15)14(22)18-11-5-6-21(16(11)23)13-7-10(3)19-20(13)4/h7-9,11H,5-6H2,1-4H3,(H,18,22)/t11-/m1/s1. The van der Waals surface area contributed by atoms with Gasteiger partial charge in [-0.3, -0.25) is 19.2 Å². The predicted molar refractivity (Wildman–Crippen MR) is 92.4 cm³/mol. The molecule has 2 aromatic rings. The van der Waals surface area contributed by atoms with Crippen molar-refractivity contribution in [2.24, 2.45) is 7.05 Å². The van der Waals surface area contributed by atoms with Crippen molar-refractivity contribution in [2.75, 3.05) is 11.4 Å². The normalized spacial score (nSPS) is 17.8. The fourth-order valence-electron chi connectivity index (χ4n) is 2.78. The molecule has 1 fully saturated rings. The molecule has 7 nitrogen and oxygen atoms in total. The molecule has 1 saturated heterocycles. The maximum atomic E-state index is 12.6. The Morgan fingerprint density at radius 3 is 2.79 bits per heavy atom. The third-order valence-electron chi connectivity index (χ3n) is 4.01. The predicted octanol–water partition coefficient (Wildman–Crippen LogP) is 1.84. The number of carbonyl (C=O) groups excluding carboxylic acids is 2. The topological polar surface area (TPSA) is 80.1 Å². The highest BCUT2D eigenvalue weighted by molar-refractivity contribution is 7.13. The number of rotatable bonds is 4. The zero-order chi connectivity index (χ0) is 17.4. The van der Waals surface area contributed by atoms with Gasteiger partial charge in [-0.05, 0) is 13.3 Å². The van der Waals surface area contributed by atoms with Crippen LogP contribution in [0.15, 0.2) is 12.3 Å². The van der Waals surface area contributed by atoms with Crippen LogP contribution in [-0.2, 0) is 11.8 Å². The molecular formula is C16H21N5O2S. The second kappa shape index (κ2) is 6.35. The van der Waals surface area contributed by atoms with Gasteiger partial charge in [-0.25, -0.2) is 4.98 Å². The average molecular weight is 347 g/mol. The fourth-order valence-corrected chi connectivity index (χ4v) is 3.60. The van der Waals surface area contributed by atoms with Crippen LogP contribution in [-0.4, -0.2) is 39.2 Å². The molecule has 0 bridgehead atoms. The van der Waals surface area contributed by atoms with Crippen molar-refractivity contribution in [3.8, 4) is 0 Å². The van der Waals surface area contributed by atoms with Gasteiger partial charge in [-0.15, -0.1) is 11.3 Å². The van der Waals surface area contributed by atoms with Gasteiger partial charge in [0, 0.05) is 25.6 Å². The Morgan fingerprint density at radius 1 is 1.46 bits per heavy atom. The van der Waals surface area contributed by atoms with Crippen molar-refractivity contribution in [1.82, 2.24) is 20.1 Å². The molecule has 2 amide bonds. The Morgan fingerprint density at radius 2 is 2.21 bits per heavy atom. The van der Waals surface area contributed by atoms with Gasteiger partial charge < -0.3 is 5.32 Å². The smallest absolute Gasteiger partial charge is 0.263 e. The summed E-state index contributed by atoms with van der Waals surface area (Å²) in [7, 11) is 1.81. The summed E-state index contributed by atoms with van der Waals surface area (Å²) >= 11 is 1.37. The Labute approximate surface area is 144 Å². The molecule has 0 aromatic carbocycles. The molecule has 1 N–H and O–H groups in total. The van der Waals surface area contributed by atoms with Crippen molar-refractivity contribution in [3.63, 3.8) is 0 Å². The van der Waals surface area contributed by atoms with Crippen molar-refractivity contribution in [1.29, 1.82) is 0 Å². The van der Waals surface area contributed by atoms with E-state index in [1.165, 1.54) is 11.3 Å². The van der Waals surface area contributed by atoms with E-state index in [-0.39, 0.29) is 17.7 Å². The van der Waals surface area contributed by atoms with Gasteiger partial charge in [0.2, 0.25) is 0 Å². The Hall–Kier alpha value is -2.22. The minimum atomic E-state index is -0.502. The Balaban J connectivity index is 1.69. The molecule has 1 aliphatic heterocycles. The number of amides is 2. The minimum Gasteiger partial charge on any atom is -0.339 e. The number of thiazole rings is 1. The number of hydrogen-bond acceptors (Lipinski definition) is 5. The lowest BCUT2D eigenvalue weighted by molar-refractivity contribution is -0.118. The van der Waals surface area contributed by atoms with Crippen molar-refractivity contribution in [3.05, 3.63) is 27.8 Å². The Kier molecular flexibility index (Phi) is 4.40. The third kappa shape index (κ3) is 3.06. The summed E-state index contributed by atoms with van der Waals surface area (Å²) in [5.41, 5.74) is 0.860. The maximum absolute atomic E-state index is 12.6. The first-order chi connectivity index (χ1) is 11.4. The average Bonchev–Trinajstić information content (AvgIpc) is 3.20. The monoisotopic (exact) mass is 347 g/mol. The summed E-state index contributed by atoms with van der Waals surface area (Å²) in [5, 5.41) is 8.03. The number of aryl methyl sites for hydroxylation is 2. The molecule has 0 spiro atoms. The number of carbonyl (C=O) groups is 2. The summed E-state index contributed by atoms with van der Waals surface area (Å²) in [6.45, 7) is 6.53. The zero-order valence-electron chi connectivity index (χ0n) is 14.2. The van der Waals surface area contributed by atoms with E-state index in [0.29, 0.717) is 17.8 Å². The maximum Gasteiger partial charge on any atom is 0.263 e. The van der Waals surface area contributed by atoms with Crippen LogP contribution in [0, 0.1) is 6.92 Å². The lowest BCUT2D eigenvalue weighted by atomic mass is 10.2. The molecule has 8 heteroatoms. The van der Waals surface area contributed by atoms with Crippen molar-refractivity contribution in [2.45, 2.75) is 39.2 Å². The summed E-state index contributed by atoms with van der Waals surface area (Å²) in [6, 6.07) is 1.37. The van der Waals surface area contributed by atoms with E-state index in [1.54, 1.807) is 15.8 Å². The van der Waals surface area contributed by atoms with Gasteiger partial charge in [0.1, 0.15) is 16.7 Å². The minimum absolute atomic E-state index is 0.0973. The van der Waals surface area contributed by atoms with Crippen LogP contribution < -0.4 is 10.2 Å². The lowest BCUT2D eigenvalue weighted by Crippen LogP contribution is -2.41. The molecule has 1 atom stereocenters. The van der Waals surface area contributed by atoms with Crippen LogP contribution in [0.3, 0.4) is 0 Å². The molecule has 2 aromatic heterocycles. The molecule has 0 radical (unpaired) electrons. The summed E-state index contributed by atoms with van der Waals surface area (Å²) in [6.07, 6.45) is 2.17. The third-order valence-corrected chi connectivity index (χ3v) is 5.30. The van der Waals surface area contributed by atoms with Crippen LogP contribution in [0.4, 0.5) is 5.82 Å². The van der Waals surface area contributed by atoms with E-state index in [4.69, 9.17) is 0 Å². The van der Waals surface area contributed by atoms with E-state index in [0.717, 1.165) is 16.5 Å². The van der Waals surface area contributed by atoms with Crippen LogP contribution in [0.1, 0.15) is 46.6 Å². The van der Waals surface area contributed by atoms with Crippen LogP contribution in [0.2, 0.25) is 0 Å². The molecule has 0 saturated carbocycles. The molecule has 3 heterocycles. The molecule has 0 aliphatic carbocycles. The zero-order valence-corrected chi connectivity index (χ0v) is 15.1. The first kappa shape index (κ1) is 16.6. The Bertz CT molecular complexity index is 779. The number of hydrogen-bond donors (Lipinski definition) is 1. The first-order valence-electron chi connectivity index (χ1n) is 7.95. The first-order valence-corrected chi connectivity index (χ1v) is 8.77. The van der Waals surface area contributed by atoms with E-state index in [9.17, 15) is 9.59 Å². The van der Waals surface area contributed by atoms with Crippen LogP contribution in [0.25, 0.3) is 0 Å². The van der Waals surface area contributed by atoms with E-state index in [1.807, 2.05) is 33.9 Å². The van der Waals surface area contributed by atoms with E-state index < -0.39 is 6.04 Å².